The van der Waals surface area contributed by atoms with Gasteiger partial charge in [-0.1, -0.05) is 460 Å². The Labute approximate surface area is 802 Å². The Morgan fingerprint density at radius 2 is 0.405 bits per heavy atom. The molecule has 0 bridgehead atoms. The van der Waals surface area contributed by atoms with Crippen molar-refractivity contribution in [3.8, 4) is 0 Å². The van der Waals surface area contributed by atoms with Gasteiger partial charge in [0.25, 0.3) is 0 Å². The molecule has 0 saturated carbocycles. The lowest BCUT2D eigenvalue weighted by Gasteiger charge is -2.21. The monoisotopic (exact) mass is 1870 g/mol. The predicted molar refractivity (Wildman–Crippen MR) is 555 cm³/mol. The summed E-state index contributed by atoms with van der Waals surface area (Å²) < 4.78 is 61.8. The minimum Gasteiger partial charge on any atom is -0.463 e. The molecule has 0 aliphatic carbocycles. The molecule has 0 aromatic rings. The van der Waals surface area contributed by atoms with Crippen LogP contribution in [0.4, 0.5) is 0 Å². The van der Waals surface area contributed by atoms with E-state index in [1.807, 2.05) is 0 Å². The molecule has 4 N–H and O–H groups in total. The number of aliphatic hydroxyl groups excluding tert-OH is 2. The summed E-state index contributed by atoms with van der Waals surface area (Å²) in [6.07, 6.45) is 138. The number of carbonyl (C=O) groups excluding carboxylic acids is 3. The summed E-state index contributed by atoms with van der Waals surface area (Å²) in [5.41, 5.74) is 0. The Balaban J connectivity index is 4.60. The molecular weight excluding hydrogens is 1680 g/mol. The van der Waals surface area contributed by atoms with E-state index in [9.17, 15) is 43.5 Å². The van der Waals surface area contributed by atoms with Crippen molar-refractivity contribution in [2.75, 3.05) is 39.6 Å². The fourth-order valence-corrected chi connectivity index (χ4v) is 16.2. The molecule has 0 spiro atoms. The molecular formula is C113H194O16P2. The van der Waals surface area contributed by atoms with E-state index in [0.29, 0.717) is 19.3 Å². The van der Waals surface area contributed by atoms with E-state index in [1.165, 1.54) is 225 Å². The number of phosphoric acid groups is 2. The molecule has 16 nitrogen and oxygen atoms in total. The molecule has 131 heavy (non-hydrogen) atoms. The maximum Gasteiger partial charge on any atom is 0.472 e. The quantitative estimate of drug-likeness (QED) is 0.0146. The van der Waals surface area contributed by atoms with Crippen LogP contribution in [-0.2, 0) is 55.8 Å². The van der Waals surface area contributed by atoms with Crippen molar-refractivity contribution in [2.45, 2.75) is 476 Å². The Morgan fingerprint density at radius 1 is 0.221 bits per heavy atom. The van der Waals surface area contributed by atoms with E-state index in [2.05, 4.69) is 203 Å². The molecule has 0 aromatic carbocycles. The highest BCUT2D eigenvalue weighted by Crippen LogP contribution is 2.45. The number of ether oxygens (including phenoxy) is 3. The van der Waals surface area contributed by atoms with Gasteiger partial charge in [0.15, 0.2) is 6.10 Å². The van der Waals surface area contributed by atoms with Crippen LogP contribution in [0, 0.1) is 0 Å². The van der Waals surface area contributed by atoms with Crippen molar-refractivity contribution >= 4 is 33.6 Å². The predicted octanol–water partition coefficient (Wildman–Crippen LogP) is 33.9. The summed E-state index contributed by atoms with van der Waals surface area (Å²) in [5.74, 6) is -1.56. The molecule has 0 heterocycles. The minimum absolute atomic E-state index is 0.0985. The van der Waals surface area contributed by atoms with Crippen LogP contribution in [-0.4, -0.2) is 95.9 Å². The van der Waals surface area contributed by atoms with Crippen molar-refractivity contribution in [2.24, 2.45) is 0 Å². The first-order valence-electron chi connectivity index (χ1n) is 53.1. The Morgan fingerprint density at radius 3 is 0.641 bits per heavy atom. The van der Waals surface area contributed by atoms with Crippen molar-refractivity contribution in [1.29, 1.82) is 0 Å². The molecule has 5 unspecified atom stereocenters. The van der Waals surface area contributed by atoms with Crippen LogP contribution in [0.5, 0.6) is 0 Å². The highest BCUT2D eigenvalue weighted by molar-refractivity contribution is 7.47. The summed E-state index contributed by atoms with van der Waals surface area (Å²) in [6.45, 7) is 2.50. The second-order valence-electron chi connectivity index (χ2n) is 35.3. The fourth-order valence-electron chi connectivity index (χ4n) is 14.7. The largest absolute Gasteiger partial charge is 0.472 e. The van der Waals surface area contributed by atoms with Crippen molar-refractivity contribution < 1.29 is 75.8 Å². The number of rotatable bonds is 100. The van der Waals surface area contributed by atoms with Crippen molar-refractivity contribution in [3.63, 3.8) is 0 Å². The summed E-state index contributed by atoms with van der Waals surface area (Å²) in [6, 6.07) is 0. The van der Waals surface area contributed by atoms with Crippen LogP contribution >= 0.6 is 15.6 Å². The van der Waals surface area contributed by atoms with Crippen LogP contribution in [0.25, 0.3) is 0 Å². The topological polar surface area (TPSA) is 231 Å². The lowest BCUT2D eigenvalue weighted by atomic mass is 10.0. The molecule has 752 valence electrons. The van der Waals surface area contributed by atoms with E-state index in [1.54, 1.807) is 0 Å². The van der Waals surface area contributed by atoms with E-state index < -0.39 is 91.5 Å². The molecule has 0 saturated heterocycles. The van der Waals surface area contributed by atoms with Gasteiger partial charge < -0.3 is 34.2 Å². The normalized spacial score (nSPS) is 14.3. The van der Waals surface area contributed by atoms with Gasteiger partial charge in [-0.3, -0.25) is 32.5 Å². The molecule has 0 amide bonds. The van der Waals surface area contributed by atoms with E-state index in [-0.39, 0.29) is 19.3 Å². The van der Waals surface area contributed by atoms with Gasteiger partial charge in [-0.05, 0) is 161 Å². The van der Waals surface area contributed by atoms with Crippen molar-refractivity contribution in [1.82, 2.24) is 0 Å². The average molecular weight is 1870 g/mol. The molecule has 0 aliphatic rings. The summed E-state index contributed by atoms with van der Waals surface area (Å²) >= 11 is 0. The smallest absolute Gasteiger partial charge is 0.463 e. The van der Waals surface area contributed by atoms with E-state index in [0.717, 1.165) is 173 Å². The van der Waals surface area contributed by atoms with Gasteiger partial charge >= 0.3 is 33.6 Å². The number of aliphatic hydroxyl groups is 2. The Bertz CT molecular complexity index is 3110. The average Bonchev–Trinajstić information content (AvgIpc) is 0.891. The molecule has 0 rings (SSSR count). The lowest BCUT2D eigenvalue weighted by Crippen LogP contribution is -2.30. The molecule has 0 aromatic heterocycles. The zero-order valence-corrected chi connectivity index (χ0v) is 85.2. The number of esters is 3. The fraction of sp³-hybridized carbons (Fsp3) is 0.708. The number of allylic oxidation sites excluding steroid dienone is 30. The van der Waals surface area contributed by atoms with Crippen LogP contribution in [0.3, 0.4) is 0 Å². The second kappa shape index (κ2) is 104. The van der Waals surface area contributed by atoms with E-state index >= 15 is 0 Å². The maximum absolute atomic E-state index is 13.1. The minimum atomic E-state index is -4.95. The van der Waals surface area contributed by atoms with Crippen LogP contribution in [0.2, 0.25) is 0 Å². The first-order chi connectivity index (χ1) is 64.2. The first-order valence-corrected chi connectivity index (χ1v) is 56.1. The zero-order valence-electron chi connectivity index (χ0n) is 83.5. The zero-order chi connectivity index (χ0) is 95.0. The molecule has 0 aliphatic heterocycles. The standard InChI is InChI=1S/C113H194O16P2/c1-4-7-10-13-16-19-22-25-28-31-34-37-40-43-46-49-51-52-53-54-56-59-60-63-66-69-72-75-78-81-84-87-90-93-96-99-111(116)123-102-108(114)103-125-130(119,120)126-104-109(115)105-127-131(121,122)128-107-110(129-113(118)101-98-95-92-89-86-83-80-77-74-71-68-65-62-57-48-45-42-39-36-33-30-27-24-21-18-15-12-9-6-3)106-124-112(117)100-97-94-91-88-85-82-79-76-73-70-67-64-61-58-55-50-47-44-41-38-35-32-29-26-23-20-17-14-11-8-5-2/h8-9,11-12,16-21,25-30,34-39,43-48,55,58,108-110,114-115H,4-7,10,13-15,22-24,31-33,40-42,49-54,56-57,59-107H2,1-3H3,(H,119,120)(H,121,122)/b11-8-,12-9-,19-16-,20-17-,21-18-,28-25-,29-26-,30-27-,37-34-,38-35-,39-36-,46-43-,47-44-,48-45-,58-55-. The van der Waals surface area contributed by atoms with Gasteiger partial charge in [0.05, 0.1) is 26.4 Å². The SMILES string of the molecule is CC/C=C\C/C=C\C/C=C\C/C=C\C/C=C\C/C=C\CCCCCCCCCCCCCCC(=O)OCC(COP(=O)(O)OCC(O)COP(=O)(O)OCC(O)COC(=O)CCCCCCCCCCCCCCCCCCCCC/C=C\C/C=C\C/C=C\C/C=C\CCCCC)OC(=O)CCCCCCCCCCCCCCC/C=C\C/C=C\C/C=C\C/C=C\C/C=C\CC. The highest BCUT2D eigenvalue weighted by Gasteiger charge is 2.30. The molecule has 5 atom stereocenters. The first kappa shape index (κ1) is 126. The van der Waals surface area contributed by atoms with Gasteiger partial charge in [-0.2, -0.15) is 0 Å². The molecule has 0 fully saturated rings. The summed E-state index contributed by atoms with van der Waals surface area (Å²) in [5, 5.41) is 20.8. The third-order valence-corrected chi connectivity index (χ3v) is 24.5. The maximum atomic E-state index is 13.1. The number of unbranched alkanes of at least 4 members (excludes halogenated alkanes) is 47. The summed E-state index contributed by atoms with van der Waals surface area (Å²) in [7, 11) is -9.82. The Kier molecular flexibility index (Phi) is 99.3. The van der Waals surface area contributed by atoms with Crippen LogP contribution in [0.15, 0.2) is 182 Å². The summed E-state index contributed by atoms with van der Waals surface area (Å²) in [4.78, 5) is 59.3. The lowest BCUT2D eigenvalue weighted by molar-refractivity contribution is -0.161. The number of hydrogen-bond acceptors (Lipinski definition) is 14. The van der Waals surface area contributed by atoms with Gasteiger partial charge in [-0.15, -0.1) is 0 Å². The van der Waals surface area contributed by atoms with Crippen LogP contribution in [0.1, 0.15) is 457 Å². The second-order valence-corrected chi connectivity index (χ2v) is 38.2. The third-order valence-electron chi connectivity index (χ3n) is 22.6. The van der Waals surface area contributed by atoms with Gasteiger partial charge in [-0.25, -0.2) is 9.13 Å². The van der Waals surface area contributed by atoms with Gasteiger partial charge in [0.1, 0.15) is 25.4 Å². The van der Waals surface area contributed by atoms with Crippen molar-refractivity contribution in [3.05, 3.63) is 182 Å². The number of hydrogen-bond donors (Lipinski definition) is 4. The Hall–Kier alpha value is -5.35. The number of phosphoric ester groups is 2. The third kappa shape index (κ3) is 105. The molecule has 18 heteroatoms. The van der Waals surface area contributed by atoms with Gasteiger partial charge in [0, 0.05) is 19.3 Å². The van der Waals surface area contributed by atoms with E-state index in [4.69, 9.17) is 32.3 Å². The highest BCUT2D eigenvalue weighted by atomic mass is 31.2. The number of carbonyl (C=O) groups is 3. The van der Waals surface area contributed by atoms with Crippen LogP contribution < -0.4 is 0 Å². The van der Waals surface area contributed by atoms with Gasteiger partial charge in [0.2, 0.25) is 0 Å². The molecule has 0 radical (unpaired) electrons.